The zero-order valence-electron chi connectivity index (χ0n) is 15.5. The number of hydrogen-bond acceptors (Lipinski definition) is 5. The minimum atomic E-state index is -3.98. The van der Waals surface area contributed by atoms with Gasteiger partial charge in [0, 0.05) is 7.05 Å². The van der Waals surface area contributed by atoms with Crippen LogP contribution in [0.2, 0.25) is 0 Å². The first kappa shape index (κ1) is 21.5. The molecule has 0 fully saturated rings. The molecule has 0 aliphatic heterocycles. The van der Waals surface area contributed by atoms with Crippen molar-refractivity contribution in [3.05, 3.63) is 66.0 Å². The molecule has 0 aromatic heterocycles. The van der Waals surface area contributed by atoms with Gasteiger partial charge in [0.1, 0.15) is 12.4 Å². The fourth-order valence-corrected chi connectivity index (χ4v) is 3.47. The molecule has 7 nitrogen and oxygen atoms in total. The first-order valence-corrected chi connectivity index (χ1v) is 9.86. The van der Waals surface area contributed by atoms with E-state index in [4.69, 9.17) is 4.74 Å². The molecule has 2 aromatic carbocycles. The van der Waals surface area contributed by atoms with E-state index in [1.54, 1.807) is 6.92 Å². The highest BCUT2D eigenvalue weighted by atomic mass is 32.2. The summed E-state index contributed by atoms with van der Waals surface area (Å²) in [6.45, 7) is 0.680. The van der Waals surface area contributed by atoms with Crippen molar-refractivity contribution in [2.45, 2.75) is 17.9 Å². The van der Waals surface area contributed by atoms with Gasteiger partial charge >= 0.3 is 5.97 Å². The maximum atomic E-state index is 12.9. The monoisotopic (exact) mass is 408 g/mol. The first-order valence-electron chi connectivity index (χ1n) is 8.42. The second kappa shape index (κ2) is 9.43. The Balaban J connectivity index is 1.84. The molecule has 150 valence electrons. The Morgan fingerprint density at radius 3 is 2.32 bits per heavy atom. The van der Waals surface area contributed by atoms with Gasteiger partial charge in [-0.25, -0.2) is 12.8 Å². The van der Waals surface area contributed by atoms with Gasteiger partial charge in [-0.15, -0.1) is 0 Å². The predicted octanol–water partition coefficient (Wildman–Crippen LogP) is 1.87. The van der Waals surface area contributed by atoms with Gasteiger partial charge in [0.15, 0.2) is 6.61 Å². The molecule has 0 spiro atoms. The number of nitrogens with one attached hydrogen (secondary N) is 1. The van der Waals surface area contributed by atoms with Crippen molar-refractivity contribution in [1.29, 1.82) is 0 Å². The molecule has 2 rings (SSSR count). The van der Waals surface area contributed by atoms with Crippen molar-refractivity contribution in [2.75, 3.05) is 20.2 Å². The van der Waals surface area contributed by atoms with Crippen LogP contribution in [0.15, 0.2) is 59.5 Å². The molecule has 1 atom stereocenters. The fourth-order valence-electron chi connectivity index (χ4n) is 2.35. The fraction of sp³-hybridized carbons (Fsp3) is 0.263. The molecular formula is C19H21FN2O5S. The molecule has 0 saturated carbocycles. The van der Waals surface area contributed by atoms with Crippen LogP contribution < -0.4 is 5.32 Å². The Bertz CT molecular complexity index is 917. The zero-order valence-corrected chi connectivity index (χ0v) is 16.3. The summed E-state index contributed by atoms with van der Waals surface area (Å²) in [5, 5.41) is 2.68. The van der Waals surface area contributed by atoms with Gasteiger partial charge in [-0.05, 0) is 36.8 Å². The van der Waals surface area contributed by atoms with Crippen LogP contribution in [0.25, 0.3) is 0 Å². The lowest BCUT2D eigenvalue weighted by molar-refractivity contribution is -0.148. The lowest BCUT2D eigenvalue weighted by Gasteiger charge is -2.17. The number of esters is 1. The summed E-state index contributed by atoms with van der Waals surface area (Å²) in [7, 11) is -2.79. The number of benzene rings is 2. The zero-order chi connectivity index (χ0) is 20.7. The van der Waals surface area contributed by atoms with Crippen molar-refractivity contribution < 1.29 is 27.1 Å². The van der Waals surface area contributed by atoms with Crippen LogP contribution in [0.5, 0.6) is 0 Å². The summed E-state index contributed by atoms with van der Waals surface area (Å²) in [5.41, 5.74) is 0.896. The molecule has 0 bridgehead atoms. The minimum absolute atomic E-state index is 0.154. The molecule has 0 unspecified atom stereocenters. The summed E-state index contributed by atoms with van der Waals surface area (Å²) in [6.07, 6.45) is 0. The standard InChI is InChI=1S/C19H21FN2O5S/c1-14(15-6-4-3-5-7-15)21-18(23)13-27-19(24)12-22(2)28(25,26)17-10-8-16(20)9-11-17/h3-11,14H,12-13H2,1-2H3,(H,21,23)/t14-/m0/s1. The van der Waals surface area contributed by atoms with Gasteiger partial charge in [-0.2, -0.15) is 4.31 Å². The van der Waals surface area contributed by atoms with Gasteiger partial charge in [0.05, 0.1) is 10.9 Å². The number of rotatable bonds is 8. The van der Waals surface area contributed by atoms with E-state index in [2.05, 4.69) is 5.32 Å². The molecule has 1 N–H and O–H groups in total. The second-order valence-corrected chi connectivity index (χ2v) is 8.12. The number of ether oxygens (including phenoxy) is 1. The quantitative estimate of drug-likeness (QED) is 0.673. The van der Waals surface area contributed by atoms with Crippen LogP contribution in [0.4, 0.5) is 4.39 Å². The number of amides is 1. The minimum Gasteiger partial charge on any atom is -0.455 e. The second-order valence-electron chi connectivity index (χ2n) is 6.08. The number of carbonyl (C=O) groups is 2. The number of halogens is 1. The molecule has 2 aromatic rings. The van der Waals surface area contributed by atoms with Crippen molar-refractivity contribution in [1.82, 2.24) is 9.62 Å². The topological polar surface area (TPSA) is 92.8 Å². The third-order valence-corrected chi connectivity index (χ3v) is 5.73. The van der Waals surface area contributed by atoms with Crippen LogP contribution in [0.3, 0.4) is 0 Å². The van der Waals surface area contributed by atoms with Crippen molar-refractivity contribution in [2.24, 2.45) is 0 Å². The van der Waals surface area contributed by atoms with E-state index in [1.807, 2.05) is 30.3 Å². The average Bonchev–Trinajstić information content (AvgIpc) is 2.67. The predicted molar refractivity (Wildman–Crippen MR) is 100 cm³/mol. The Kier molecular flexibility index (Phi) is 7.24. The molecule has 1 amide bonds. The van der Waals surface area contributed by atoms with Crippen LogP contribution >= 0.6 is 0 Å². The lowest BCUT2D eigenvalue weighted by atomic mass is 10.1. The largest absolute Gasteiger partial charge is 0.455 e. The molecule has 0 radical (unpaired) electrons. The first-order chi connectivity index (χ1) is 13.2. The average molecular weight is 408 g/mol. The Labute approximate surface area is 163 Å². The van der Waals surface area contributed by atoms with Crippen molar-refractivity contribution in [3.8, 4) is 0 Å². The molecular weight excluding hydrogens is 387 g/mol. The van der Waals surface area contributed by atoms with Crippen LogP contribution in [0.1, 0.15) is 18.5 Å². The smallest absolute Gasteiger partial charge is 0.321 e. The highest BCUT2D eigenvalue weighted by molar-refractivity contribution is 7.89. The Hall–Kier alpha value is -2.78. The van der Waals surface area contributed by atoms with Gasteiger partial charge < -0.3 is 10.1 Å². The van der Waals surface area contributed by atoms with Crippen LogP contribution in [-0.2, 0) is 24.3 Å². The number of carbonyl (C=O) groups excluding carboxylic acids is 2. The van der Waals surface area contributed by atoms with Gasteiger partial charge in [0.25, 0.3) is 5.91 Å². The number of nitrogens with zero attached hydrogens (tertiary/aromatic N) is 1. The highest BCUT2D eigenvalue weighted by Gasteiger charge is 2.24. The molecule has 28 heavy (non-hydrogen) atoms. The van der Waals surface area contributed by atoms with E-state index >= 15 is 0 Å². The van der Waals surface area contributed by atoms with Crippen LogP contribution in [0, 0.1) is 5.82 Å². The van der Waals surface area contributed by atoms with Crippen LogP contribution in [-0.4, -0.2) is 44.8 Å². The molecule has 0 aliphatic carbocycles. The molecule has 0 heterocycles. The molecule has 0 aliphatic rings. The Morgan fingerprint density at radius 1 is 1.11 bits per heavy atom. The SMILES string of the molecule is C[C@H](NC(=O)COC(=O)CN(C)S(=O)(=O)c1ccc(F)cc1)c1ccccc1. The maximum absolute atomic E-state index is 12.9. The van der Waals surface area contributed by atoms with E-state index in [0.717, 1.165) is 34.1 Å². The summed E-state index contributed by atoms with van der Waals surface area (Å²) >= 11 is 0. The Morgan fingerprint density at radius 2 is 1.71 bits per heavy atom. The van der Waals surface area contributed by atoms with E-state index in [0.29, 0.717) is 0 Å². The third-order valence-electron chi connectivity index (χ3n) is 3.91. The lowest BCUT2D eigenvalue weighted by Crippen LogP contribution is -2.36. The number of likely N-dealkylation sites (N-methyl/N-ethyl adjacent to an activating group) is 1. The number of sulfonamides is 1. The third kappa shape index (κ3) is 5.86. The summed E-state index contributed by atoms with van der Waals surface area (Å²) in [6, 6.07) is 13.2. The van der Waals surface area contributed by atoms with E-state index in [1.165, 1.54) is 7.05 Å². The van der Waals surface area contributed by atoms with Gasteiger partial charge in [0.2, 0.25) is 10.0 Å². The normalized spacial score (nSPS) is 12.4. The van der Waals surface area contributed by atoms with Gasteiger partial charge in [-0.1, -0.05) is 30.3 Å². The maximum Gasteiger partial charge on any atom is 0.321 e. The van der Waals surface area contributed by atoms with Crippen molar-refractivity contribution >= 4 is 21.9 Å². The highest BCUT2D eigenvalue weighted by Crippen LogP contribution is 2.15. The molecule has 9 heteroatoms. The van der Waals surface area contributed by atoms with E-state index in [-0.39, 0.29) is 10.9 Å². The molecule has 0 saturated heterocycles. The van der Waals surface area contributed by atoms with Gasteiger partial charge in [-0.3, -0.25) is 9.59 Å². The van der Waals surface area contributed by atoms with E-state index in [9.17, 15) is 22.4 Å². The summed E-state index contributed by atoms with van der Waals surface area (Å²) < 4.78 is 43.2. The number of hydrogen-bond donors (Lipinski definition) is 1. The van der Waals surface area contributed by atoms with E-state index < -0.39 is 40.9 Å². The van der Waals surface area contributed by atoms with Crippen molar-refractivity contribution in [3.63, 3.8) is 0 Å². The summed E-state index contributed by atoms with van der Waals surface area (Å²) in [4.78, 5) is 23.6. The summed E-state index contributed by atoms with van der Waals surface area (Å²) in [5.74, 6) is -1.96.